The van der Waals surface area contributed by atoms with Gasteiger partial charge in [-0.3, -0.25) is 4.90 Å². The summed E-state index contributed by atoms with van der Waals surface area (Å²) < 4.78 is 21.5. The zero-order valence-corrected chi connectivity index (χ0v) is 14.1. The van der Waals surface area contributed by atoms with Crippen LogP contribution in [-0.4, -0.2) is 33.7 Å². The first-order valence-electron chi connectivity index (χ1n) is 8.78. The number of likely N-dealkylation sites (tertiary alicyclic amines) is 1. The van der Waals surface area contributed by atoms with Crippen molar-refractivity contribution in [2.75, 3.05) is 13.1 Å². The smallest absolute Gasteiger partial charge is 0.128 e. The van der Waals surface area contributed by atoms with E-state index in [1.54, 1.807) is 12.1 Å². The van der Waals surface area contributed by atoms with Gasteiger partial charge in [0.2, 0.25) is 0 Å². The lowest BCUT2D eigenvalue weighted by Crippen LogP contribution is -2.36. The van der Waals surface area contributed by atoms with Crippen molar-refractivity contribution in [1.82, 2.24) is 14.5 Å². The average molecular weight is 339 g/mol. The number of nitrogens with zero attached hydrogens (tertiary/aromatic N) is 3. The maximum absolute atomic E-state index is 13.6. The molecular formula is C20H22FN3O. The van der Waals surface area contributed by atoms with Crippen molar-refractivity contribution in [3.63, 3.8) is 0 Å². The second kappa shape index (κ2) is 7.33. The van der Waals surface area contributed by atoms with E-state index in [0.29, 0.717) is 12.2 Å². The molecule has 130 valence electrons. The van der Waals surface area contributed by atoms with Crippen LogP contribution >= 0.6 is 0 Å². The summed E-state index contributed by atoms with van der Waals surface area (Å²) in [5, 5.41) is 4.61. The number of aromatic nitrogens is 2. The number of pyridine rings is 1. The Morgan fingerprint density at radius 2 is 1.88 bits per heavy atom. The van der Waals surface area contributed by atoms with Crippen molar-refractivity contribution >= 4 is 5.52 Å². The number of hydrogen-bond acceptors (Lipinski definition) is 3. The van der Waals surface area contributed by atoms with Crippen LogP contribution < -0.4 is 0 Å². The summed E-state index contributed by atoms with van der Waals surface area (Å²) in [7, 11) is 0. The Morgan fingerprint density at radius 1 is 1.08 bits per heavy atom. The Labute approximate surface area is 146 Å². The molecule has 0 unspecified atom stereocenters. The molecule has 4 rings (SSSR count). The fourth-order valence-electron chi connectivity index (χ4n) is 3.35. The normalized spacial score (nSPS) is 16.5. The molecule has 0 saturated carbocycles. The van der Waals surface area contributed by atoms with Crippen molar-refractivity contribution in [2.45, 2.75) is 32.1 Å². The first kappa shape index (κ1) is 16.2. The van der Waals surface area contributed by atoms with Crippen LogP contribution in [0.3, 0.4) is 0 Å². The maximum Gasteiger partial charge on any atom is 0.128 e. The van der Waals surface area contributed by atoms with Crippen LogP contribution in [0.25, 0.3) is 5.52 Å². The van der Waals surface area contributed by atoms with Crippen molar-refractivity contribution < 1.29 is 9.13 Å². The van der Waals surface area contributed by atoms with Crippen LogP contribution in [0.15, 0.2) is 54.7 Å². The lowest BCUT2D eigenvalue weighted by molar-refractivity contribution is -0.00515. The standard InChI is InChI=1S/C20H22FN3O/c21-20-7-2-1-5-16(20)15-25-19-8-11-23(12-9-19)14-17-13-18-6-3-4-10-24(18)22-17/h1-7,10,13,19H,8-9,11-12,14-15H2. The SMILES string of the molecule is Fc1ccccc1COC1CCN(Cc2cc3ccccn3n2)CC1. The Bertz CT molecular complexity index is 807. The minimum absolute atomic E-state index is 0.188. The number of fused-ring (bicyclic) bond motifs is 1. The zero-order valence-electron chi connectivity index (χ0n) is 14.1. The lowest BCUT2D eigenvalue weighted by atomic mass is 10.1. The second-order valence-corrected chi connectivity index (χ2v) is 6.58. The Kier molecular flexibility index (Phi) is 4.76. The van der Waals surface area contributed by atoms with Gasteiger partial charge in [-0.15, -0.1) is 0 Å². The molecule has 5 heteroatoms. The van der Waals surface area contributed by atoms with Gasteiger partial charge in [0, 0.05) is 31.4 Å². The highest BCUT2D eigenvalue weighted by Gasteiger charge is 2.20. The maximum atomic E-state index is 13.6. The van der Waals surface area contributed by atoms with E-state index >= 15 is 0 Å². The summed E-state index contributed by atoms with van der Waals surface area (Å²) in [5.41, 5.74) is 2.85. The van der Waals surface area contributed by atoms with Gasteiger partial charge in [-0.1, -0.05) is 24.3 Å². The summed E-state index contributed by atoms with van der Waals surface area (Å²) in [6.45, 7) is 3.18. The summed E-state index contributed by atoms with van der Waals surface area (Å²) in [5.74, 6) is -0.188. The fourth-order valence-corrected chi connectivity index (χ4v) is 3.35. The fraction of sp³-hybridized carbons (Fsp3) is 0.350. The van der Waals surface area contributed by atoms with Crippen LogP contribution in [0.2, 0.25) is 0 Å². The molecule has 0 amide bonds. The van der Waals surface area contributed by atoms with E-state index in [2.05, 4.69) is 22.1 Å². The molecule has 0 atom stereocenters. The number of piperidine rings is 1. The third kappa shape index (κ3) is 3.89. The molecule has 4 nitrogen and oxygen atoms in total. The van der Waals surface area contributed by atoms with Crippen molar-refractivity contribution in [1.29, 1.82) is 0 Å². The molecule has 0 N–H and O–H groups in total. The number of benzene rings is 1. The topological polar surface area (TPSA) is 29.8 Å². The second-order valence-electron chi connectivity index (χ2n) is 6.58. The molecular weight excluding hydrogens is 317 g/mol. The van der Waals surface area contributed by atoms with Gasteiger partial charge >= 0.3 is 0 Å². The summed E-state index contributed by atoms with van der Waals surface area (Å²) >= 11 is 0. The molecule has 1 aromatic carbocycles. The first-order valence-corrected chi connectivity index (χ1v) is 8.78. The van der Waals surface area contributed by atoms with Crippen LogP contribution in [0.1, 0.15) is 24.1 Å². The summed E-state index contributed by atoms with van der Waals surface area (Å²) in [6.07, 6.45) is 4.13. The highest BCUT2D eigenvalue weighted by molar-refractivity contribution is 5.46. The summed E-state index contributed by atoms with van der Waals surface area (Å²) in [6, 6.07) is 15.0. The third-order valence-corrected chi connectivity index (χ3v) is 4.77. The minimum atomic E-state index is -0.188. The van der Waals surface area contributed by atoms with Crippen LogP contribution in [-0.2, 0) is 17.9 Å². The van der Waals surface area contributed by atoms with Crippen LogP contribution in [0, 0.1) is 5.82 Å². The molecule has 0 bridgehead atoms. The van der Waals surface area contributed by atoms with Crippen LogP contribution in [0.5, 0.6) is 0 Å². The van der Waals surface area contributed by atoms with Gasteiger partial charge in [-0.05, 0) is 37.1 Å². The van der Waals surface area contributed by atoms with E-state index in [-0.39, 0.29) is 11.9 Å². The predicted octanol–water partition coefficient (Wildman–Crippen LogP) is 3.65. The molecule has 3 aromatic rings. The monoisotopic (exact) mass is 339 g/mol. The van der Waals surface area contributed by atoms with Crippen molar-refractivity contribution in [2.24, 2.45) is 0 Å². The first-order chi connectivity index (χ1) is 12.3. The number of ether oxygens (including phenoxy) is 1. The highest BCUT2D eigenvalue weighted by atomic mass is 19.1. The highest BCUT2D eigenvalue weighted by Crippen LogP contribution is 2.18. The number of rotatable bonds is 5. The van der Waals surface area contributed by atoms with Crippen molar-refractivity contribution in [3.8, 4) is 0 Å². The van der Waals surface area contributed by atoms with E-state index in [1.807, 2.05) is 28.9 Å². The van der Waals surface area contributed by atoms with E-state index < -0.39 is 0 Å². The van der Waals surface area contributed by atoms with Gasteiger partial charge in [0.15, 0.2) is 0 Å². The molecule has 1 aliphatic heterocycles. The Balaban J connectivity index is 1.27. The van der Waals surface area contributed by atoms with E-state index in [4.69, 9.17) is 4.74 Å². The third-order valence-electron chi connectivity index (χ3n) is 4.77. The number of hydrogen-bond donors (Lipinski definition) is 0. The summed E-state index contributed by atoms with van der Waals surface area (Å²) in [4.78, 5) is 2.41. The lowest BCUT2D eigenvalue weighted by Gasteiger charge is -2.31. The molecule has 1 saturated heterocycles. The van der Waals surface area contributed by atoms with Crippen molar-refractivity contribution in [3.05, 3.63) is 71.8 Å². The Morgan fingerprint density at radius 3 is 2.68 bits per heavy atom. The molecule has 3 heterocycles. The van der Waals surface area contributed by atoms with E-state index in [9.17, 15) is 4.39 Å². The van der Waals surface area contributed by atoms with Crippen LogP contribution in [0.4, 0.5) is 4.39 Å². The molecule has 2 aromatic heterocycles. The van der Waals surface area contributed by atoms with Gasteiger partial charge in [0.25, 0.3) is 0 Å². The van der Waals surface area contributed by atoms with Gasteiger partial charge in [0.05, 0.1) is 23.9 Å². The quantitative estimate of drug-likeness (QED) is 0.711. The van der Waals surface area contributed by atoms with Gasteiger partial charge in [0.1, 0.15) is 5.82 Å². The predicted molar refractivity (Wildman–Crippen MR) is 94.7 cm³/mol. The van der Waals surface area contributed by atoms with Gasteiger partial charge in [-0.2, -0.15) is 5.10 Å². The molecule has 25 heavy (non-hydrogen) atoms. The molecule has 1 fully saturated rings. The zero-order chi connectivity index (χ0) is 17.1. The Hall–Kier alpha value is -2.24. The number of halogens is 1. The van der Waals surface area contributed by atoms with Gasteiger partial charge in [-0.25, -0.2) is 8.91 Å². The average Bonchev–Trinajstić information content (AvgIpc) is 3.04. The minimum Gasteiger partial charge on any atom is -0.373 e. The van der Waals surface area contributed by atoms with E-state index in [1.165, 1.54) is 6.07 Å². The largest absolute Gasteiger partial charge is 0.373 e. The molecule has 0 radical (unpaired) electrons. The molecule has 0 spiro atoms. The van der Waals surface area contributed by atoms with E-state index in [0.717, 1.165) is 43.7 Å². The molecule has 1 aliphatic rings. The van der Waals surface area contributed by atoms with Gasteiger partial charge < -0.3 is 4.74 Å². The molecule has 0 aliphatic carbocycles.